The van der Waals surface area contributed by atoms with Gasteiger partial charge < -0.3 is 19.1 Å². The van der Waals surface area contributed by atoms with Gasteiger partial charge in [0, 0.05) is 52.5 Å². The predicted molar refractivity (Wildman–Crippen MR) is 354 cm³/mol. The first-order chi connectivity index (χ1) is 44.4. The van der Waals surface area contributed by atoms with E-state index in [-0.39, 0.29) is 60.6 Å². The molecule has 0 heterocycles. The highest BCUT2D eigenvalue weighted by molar-refractivity contribution is 6.50. The Balaban J connectivity index is 0.760. The van der Waals surface area contributed by atoms with Crippen molar-refractivity contribution < 1.29 is 47.5 Å². The standard InChI is InChI=1S/C79H79FN2O9/c1-5-8-36-78(37-9-6-2)67-43-55(32-34-61(67)65-41-57-44-71(76(86)63(57)47-69(65)78)81-90-73(83)50-88-40-10-7-3)75(85)60-31-23-30-56(52(60)4)49-89-51-74(84)91-82-72-45-58-42-66-62-35-33-59(80)46-68(62)79(70(66)48-64(58)77(72)87,38-21-13-19-28-53-24-15-11-16-25-53)39-22-14-20-29-54-26-17-12-18-27-54/h5-6,11-12,15-18,23-27,30-35,41-43,46-48H,1-2,7-10,13-14,19-22,28-29,36-40,44-45,49-51H2,3-4H3/b81-71+,82-72+. The van der Waals surface area contributed by atoms with Crippen LogP contribution in [-0.2, 0) is 71.9 Å². The van der Waals surface area contributed by atoms with Crippen LogP contribution < -0.4 is 0 Å². The summed E-state index contributed by atoms with van der Waals surface area (Å²) >= 11 is 0. The van der Waals surface area contributed by atoms with Gasteiger partial charge in [0.2, 0.25) is 11.6 Å². The third-order valence-electron chi connectivity index (χ3n) is 19.0. The van der Waals surface area contributed by atoms with E-state index in [4.69, 9.17) is 19.1 Å². The molecule has 4 aliphatic carbocycles. The first kappa shape index (κ1) is 63.7. The Bertz CT molecular complexity index is 3930. The van der Waals surface area contributed by atoms with Crippen molar-refractivity contribution in [1.82, 2.24) is 0 Å². The highest BCUT2D eigenvalue weighted by atomic mass is 19.1. The number of hydrogen-bond acceptors (Lipinski definition) is 11. The molecule has 7 aromatic carbocycles. The molecule has 0 N–H and O–H groups in total. The fourth-order valence-corrected chi connectivity index (χ4v) is 14.3. The number of hydrogen-bond donors (Lipinski definition) is 0. The number of nitrogens with zero attached hydrogens (tertiary/aromatic N) is 2. The largest absolute Gasteiger partial charge is 0.370 e. The van der Waals surface area contributed by atoms with Crippen molar-refractivity contribution in [3.05, 3.63) is 249 Å². The minimum atomic E-state index is -0.777. The summed E-state index contributed by atoms with van der Waals surface area (Å²) < 4.78 is 26.7. The summed E-state index contributed by atoms with van der Waals surface area (Å²) in [5.41, 5.74) is 14.8. The molecule has 7 aromatic rings. The molecule has 0 bridgehead atoms. The van der Waals surface area contributed by atoms with E-state index in [0.29, 0.717) is 65.7 Å². The zero-order valence-electron chi connectivity index (χ0n) is 52.4. The number of allylic oxidation sites excluding steroid dienone is 2. The molecule has 12 heteroatoms. The molecule has 0 saturated heterocycles. The molecule has 466 valence electrons. The third-order valence-corrected chi connectivity index (χ3v) is 19.0. The highest BCUT2D eigenvalue weighted by Crippen LogP contribution is 2.57. The summed E-state index contributed by atoms with van der Waals surface area (Å²) in [6.07, 6.45) is 18.2. The lowest BCUT2D eigenvalue weighted by molar-refractivity contribution is -0.150. The molecule has 91 heavy (non-hydrogen) atoms. The minimum Gasteiger partial charge on any atom is -0.370 e. The van der Waals surface area contributed by atoms with Gasteiger partial charge in [-0.3, -0.25) is 14.4 Å². The quantitative estimate of drug-likeness (QED) is 0.0136. The van der Waals surface area contributed by atoms with Crippen molar-refractivity contribution in [2.45, 2.75) is 147 Å². The monoisotopic (exact) mass is 1220 g/mol. The van der Waals surface area contributed by atoms with Crippen molar-refractivity contribution in [1.29, 1.82) is 0 Å². The average molecular weight is 1220 g/mol. The molecule has 0 amide bonds. The van der Waals surface area contributed by atoms with Crippen LogP contribution in [0.2, 0.25) is 0 Å². The molecule has 11 rings (SSSR count). The van der Waals surface area contributed by atoms with Crippen LogP contribution in [0.1, 0.15) is 189 Å². The van der Waals surface area contributed by atoms with Gasteiger partial charge in [-0.1, -0.05) is 159 Å². The number of ketones is 3. The number of fused-ring (bicyclic) bond motifs is 8. The van der Waals surface area contributed by atoms with Gasteiger partial charge in [-0.25, -0.2) is 14.0 Å². The Morgan fingerprint density at radius 1 is 0.538 bits per heavy atom. The molecule has 0 saturated carbocycles. The van der Waals surface area contributed by atoms with Crippen molar-refractivity contribution in [3.63, 3.8) is 0 Å². The number of rotatable bonds is 31. The maximum absolute atomic E-state index is 15.5. The summed E-state index contributed by atoms with van der Waals surface area (Å²) in [5, 5.41) is 8.13. The summed E-state index contributed by atoms with van der Waals surface area (Å²) in [7, 11) is 0. The SMILES string of the molecule is C=CCCC1(CCC=C)c2cc(C(=O)c3cccc(COCC(=O)O/N=C4\Cc5cc6c(cc5C4=O)C(CCCCCc4ccccc4)(CCCCCc4ccccc4)c4cc(F)ccc4-6)c3C)ccc2-c2cc3c(cc21)C(=O)/C(=N/OC(=O)COCCCC)C3. The second kappa shape index (κ2) is 29.0. The highest BCUT2D eigenvalue weighted by Gasteiger charge is 2.46. The van der Waals surface area contributed by atoms with Crippen molar-refractivity contribution >= 4 is 40.7 Å². The van der Waals surface area contributed by atoms with Crippen LogP contribution in [0.5, 0.6) is 0 Å². The Kier molecular flexibility index (Phi) is 20.3. The molecular weight excluding hydrogens is 1140 g/mol. The van der Waals surface area contributed by atoms with Crippen LogP contribution in [0.3, 0.4) is 0 Å². The van der Waals surface area contributed by atoms with Gasteiger partial charge >= 0.3 is 11.9 Å². The Hall–Kier alpha value is -8.84. The van der Waals surface area contributed by atoms with Crippen LogP contribution in [0.4, 0.5) is 4.39 Å². The van der Waals surface area contributed by atoms with Gasteiger partial charge in [0.1, 0.15) is 30.5 Å². The molecule has 0 unspecified atom stereocenters. The lowest BCUT2D eigenvalue weighted by atomic mass is 9.70. The van der Waals surface area contributed by atoms with E-state index in [1.54, 1.807) is 18.2 Å². The predicted octanol–water partition coefficient (Wildman–Crippen LogP) is 16.7. The number of aryl methyl sites for hydroxylation is 2. The summed E-state index contributed by atoms with van der Waals surface area (Å²) in [6, 6.07) is 45.6. The van der Waals surface area contributed by atoms with Crippen molar-refractivity contribution in [2.75, 3.05) is 19.8 Å². The Morgan fingerprint density at radius 2 is 1.05 bits per heavy atom. The lowest BCUT2D eigenvalue weighted by Gasteiger charge is -2.33. The summed E-state index contributed by atoms with van der Waals surface area (Å²) in [4.78, 5) is 79.2. The lowest BCUT2D eigenvalue weighted by Crippen LogP contribution is -2.26. The first-order valence-electron chi connectivity index (χ1n) is 32.4. The maximum Gasteiger partial charge on any atom is 0.360 e. The number of benzene rings is 7. The Morgan fingerprint density at radius 3 is 1.60 bits per heavy atom. The summed E-state index contributed by atoms with van der Waals surface area (Å²) in [6.45, 7) is 11.7. The molecule has 0 radical (unpaired) electrons. The van der Waals surface area contributed by atoms with Crippen LogP contribution in [-0.4, -0.2) is 60.5 Å². The molecule has 0 spiro atoms. The number of Topliss-reactive ketones (excluding diaryl/α,β-unsaturated/α-hetero) is 2. The van der Waals surface area contributed by atoms with E-state index in [2.05, 4.69) is 78.1 Å². The van der Waals surface area contributed by atoms with E-state index < -0.39 is 29.4 Å². The van der Waals surface area contributed by atoms with Gasteiger partial charge in [0.15, 0.2) is 5.78 Å². The van der Waals surface area contributed by atoms with E-state index in [1.807, 2.05) is 86.7 Å². The fraction of sp³-hybridized carbons (Fsp3) is 0.329. The smallest absolute Gasteiger partial charge is 0.360 e. The second-order valence-electron chi connectivity index (χ2n) is 24.8. The van der Waals surface area contributed by atoms with Crippen LogP contribution in [0.25, 0.3) is 22.3 Å². The molecule has 0 fully saturated rings. The van der Waals surface area contributed by atoms with Crippen molar-refractivity contribution in [2.24, 2.45) is 10.3 Å². The zero-order chi connectivity index (χ0) is 63.5. The zero-order valence-corrected chi connectivity index (χ0v) is 52.4. The molecule has 11 nitrogen and oxygen atoms in total. The third kappa shape index (κ3) is 13.6. The van der Waals surface area contributed by atoms with Gasteiger partial charge in [-0.15, -0.1) is 13.2 Å². The van der Waals surface area contributed by atoms with Gasteiger partial charge in [-0.05, 0) is 198 Å². The van der Waals surface area contributed by atoms with E-state index in [9.17, 15) is 24.0 Å². The van der Waals surface area contributed by atoms with E-state index in [0.717, 1.165) is 133 Å². The second-order valence-corrected chi connectivity index (χ2v) is 24.8. The molecule has 0 atom stereocenters. The van der Waals surface area contributed by atoms with Gasteiger partial charge in [-0.2, -0.15) is 0 Å². The number of ether oxygens (including phenoxy) is 2. The van der Waals surface area contributed by atoms with Crippen LogP contribution in [0.15, 0.2) is 175 Å². The number of oxime groups is 2. The normalized spacial score (nSPS) is 15.2. The van der Waals surface area contributed by atoms with Gasteiger partial charge in [0.25, 0.3) is 0 Å². The average Bonchev–Trinajstić information content (AvgIpc) is 1.57. The maximum atomic E-state index is 15.5. The first-order valence-corrected chi connectivity index (χ1v) is 32.4. The molecular formula is C79H79FN2O9. The fourth-order valence-electron chi connectivity index (χ4n) is 14.3. The molecule has 4 aliphatic rings. The number of carbonyl (C=O) groups excluding carboxylic acids is 5. The number of halogens is 1. The Labute approximate surface area is 533 Å². The summed E-state index contributed by atoms with van der Waals surface area (Å²) in [5.74, 6) is -2.49. The van der Waals surface area contributed by atoms with E-state index >= 15 is 4.39 Å². The van der Waals surface area contributed by atoms with Crippen LogP contribution >= 0.6 is 0 Å². The topological polar surface area (TPSA) is 147 Å². The van der Waals surface area contributed by atoms with Crippen molar-refractivity contribution in [3.8, 4) is 22.3 Å². The van der Waals surface area contributed by atoms with E-state index in [1.165, 1.54) is 17.2 Å². The van der Waals surface area contributed by atoms with Gasteiger partial charge in [0.05, 0.1) is 6.61 Å². The minimum absolute atomic E-state index is 0.000846. The molecule has 0 aliphatic heterocycles. The van der Waals surface area contributed by atoms with Crippen LogP contribution in [0, 0.1) is 12.7 Å². The number of unbranched alkanes of at least 4 members (excludes halogenated alkanes) is 5. The molecule has 0 aromatic heterocycles. The number of carbonyl (C=O) groups is 5.